The van der Waals surface area contributed by atoms with Crippen molar-refractivity contribution in [3.8, 4) is 0 Å². The summed E-state index contributed by atoms with van der Waals surface area (Å²) in [5.74, 6) is -0.860. The molecule has 0 fully saturated rings. The molecule has 6 nitrogen and oxygen atoms in total. The van der Waals surface area contributed by atoms with Crippen LogP contribution in [0.15, 0.2) is 0 Å². The summed E-state index contributed by atoms with van der Waals surface area (Å²) in [5.41, 5.74) is 0. The van der Waals surface area contributed by atoms with Crippen LogP contribution >= 0.6 is 0 Å². The zero-order valence-corrected chi connectivity index (χ0v) is 33.0. The lowest BCUT2D eigenvalue weighted by atomic mass is 10.0. The number of unbranched alkanes of at least 4 members (excludes halogenated alkanes) is 28. The highest BCUT2D eigenvalue weighted by Gasteiger charge is 2.19. The van der Waals surface area contributed by atoms with Gasteiger partial charge in [0.1, 0.15) is 13.2 Å². The van der Waals surface area contributed by atoms with Crippen molar-refractivity contribution in [1.82, 2.24) is 0 Å². The lowest BCUT2D eigenvalue weighted by Gasteiger charge is -2.18. The van der Waals surface area contributed by atoms with Crippen LogP contribution < -0.4 is 0 Å². The van der Waals surface area contributed by atoms with Crippen LogP contribution in [0.4, 0.5) is 0 Å². The highest BCUT2D eigenvalue weighted by Crippen LogP contribution is 2.15. The summed E-state index contributed by atoms with van der Waals surface area (Å²) in [4.78, 5) is 37.5. The third-order valence-electron chi connectivity index (χ3n) is 9.61. The SMILES string of the molecule is CCCCCCCCCCCCCCCC(=O)OC(COC(=O)CCCCCCCCCCC)COC(=O)CCCCCCCCCCC. The second kappa shape index (κ2) is 39.2. The number of hydrogen-bond donors (Lipinski definition) is 0. The van der Waals surface area contributed by atoms with Crippen molar-refractivity contribution in [2.75, 3.05) is 13.2 Å². The first kappa shape index (κ1) is 47.4. The van der Waals surface area contributed by atoms with Crippen molar-refractivity contribution >= 4 is 17.9 Å². The van der Waals surface area contributed by atoms with Gasteiger partial charge in [-0.15, -0.1) is 0 Å². The molecule has 0 aromatic carbocycles. The summed E-state index contributed by atoms with van der Waals surface area (Å²) in [7, 11) is 0. The summed E-state index contributed by atoms with van der Waals surface area (Å²) in [5, 5.41) is 0. The molecule has 0 saturated heterocycles. The van der Waals surface area contributed by atoms with E-state index in [2.05, 4.69) is 20.8 Å². The summed E-state index contributed by atoms with van der Waals surface area (Å²) in [6.45, 7) is 6.60. The third kappa shape index (κ3) is 37.5. The Kier molecular flexibility index (Phi) is 37.9. The van der Waals surface area contributed by atoms with Crippen LogP contribution in [0.3, 0.4) is 0 Å². The van der Waals surface area contributed by atoms with Crippen molar-refractivity contribution in [2.45, 2.75) is 245 Å². The summed E-state index contributed by atoms with van der Waals surface area (Å²) >= 11 is 0. The van der Waals surface area contributed by atoms with Gasteiger partial charge >= 0.3 is 17.9 Å². The number of esters is 3. The Morgan fingerprint density at radius 3 is 0.816 bits per heavy atom. The fourth-order valence-electron chi connectivity index (χ4n) is 6.32. The molecule has 290 valence electrons. The van der Waals surface area contributed by atoms with Gasteiger partial charge in [-0.1, -0.05) is 201 Å². The van der Waals surface area contributed by atoms with Gasteiger partial charge in [-0.25, -0.2) is 0 Å². The Hall–Kier alpha value is -1.59. The van der Waals surface area contributed by atoms with Gasteiger partial charge in [0, 0.05) is 19.3 Å². The predicted octanol–water partition coefficient (Wildman–Crippen LogP) is 13.3. The minimum absolute atomic E-state index is 0.0636. The van der Waals surface area contributed by atoms with Crippen LogP contribution in [0.2, 0.25) is 0 Å². The maximum atomic E-state index is 12.7. The van der Waals surface area contributed by atoms with E-state index in [-0.39, 0.29) is 31.1 Å². The minimum Gasteiger partial charge on any atom is -0.462 e. The first-order valence-corrected chi connectivity index (χ1v) is 21.5. The topological polar surface area (TPSA) is 78.9 Å². The van der Waals surface area contributed by atoms with Gasteiger partial charge in [0.25, 0.3) is 0 Å². The molecule has 0 saturated carbocycles. The Labute approximate surface area is 304 Å². The van der Waals surface area contributed by atoms with Gasteiger partial charge in [-0.3, -0.25) is 14.4 Å². The minimum atomic E-state index is -0.756. The zero-order valence-electron chi connectivity index (χ0n) is 33.0. The van der Waals surface area contributed by atoms with E-state index in [1.165, 1.54) is 141 Å². The Morgan fingerprint density at radius 2 is 0.551 bits per heavy atom. The quantitative estimate of drug-likeness (QED) is 0.0362. The summed E-state index contributed by atoms with van der Waals surface area (Å²) < 4.78 is 16.6. The molecule has 0 amide bonds. The Bertz CT molecular complexity index is 685. The molecule has 6 heteroatoms. The van der Waals surface area contributed by atoms with Gasteiger partial charge in [0.15, 0.2) is 6.10 Å². The van der Waals surface area contributed by atoms with Crippen molar-refractivity contribution in [3.05, 3.63) is 0 Å². The van der Waals surface area contributed by atoms with E-state index in [1.54, 1.807) is 0 Å². The smallest absolute Gasteiger partial charge is 0.306 e. The van der Waals surface area contributed by atoms with E-state index in [0.29, 0.717) is 19.3 Å². The fourth-order valence-corrected chi connectivity index (χ4v) is 6.32. The first-order chi connectivity index (χ1) is 24.0. The standard InChI is InChI=1S/C43H82O6/c1-4-7-10-13-16-19-20-21-22-25-28-31-34-37-43(46)49-40(38-47-41(44)35-32-29-26-23-17-14-11-8-5-2)39-48-42(45)36-33-30-27-24-18-15-12-9-6-3/h40H,4-39H2,1-3H3. The van der Waals surface area contributed by atoms with Gasteiger partial charge in [-0.05, 0) is 19.3 Å². The van der Waals surface area contributed by atoms with E-state index >= 15 is 0 Å². The van der Waals surface area contributed by atoms with Crippen molar-refractivity contribution in [1.29, 1.82) is 0 Å². The van der Waals surface area contributed by atoms with Gasteiger partial charge < -0.3 is 14.2 Å². The van der Waals surface area contributed by atoms with E-state index in [4.69, 9.17) is 14.2 Å². The van der Waals surface area contributed by atoms with Crippen molar-refractivity contribution in [2.24, 2.45) is 0 Å². The van der Waals surface area contributed by atoms with Crippen LogP contribution in [-0.2, 0) is 28.6 Å². The molecule has 0 N–H and O–H groups in total. The predicted molar refractivity (Wildman–Crippen MR) is 206 cm³/mol. The molecule has 0 unspecified atom stereocenters. The van der Waals surface area contributed by atoms with Gasteiger partial charge in [0.2, 0.25) is 0 Å². The molecule has 0 bridgehead atoms. The molecule has 0 aliphatic heterocycles. The van der Waals surface area contributed by atoms with E-state index < -0.39 is 6.10 Å². The molecule has 0 aromatic heterocycles. The molecule has 0 aromatic rings. The molecule has 0 rings (SSSR count). The number of carbonyl (C=O) groups excluding carboxylic acids is 3. The lowest BCUT2D eigenvalue weighted by molar-refractivity contribution is -0.167. The molecule has 0 spiro atoms. The average Bonchev–Trinajstić information content (AvgIpc) is 3.10. The Balaban J connectivity index is 4.31. The van der Waals surface area contributed by atoms with E-state index in [0.717, 1.165) is 57.8 Å². The van der Waals surface area contributed by atoms with E-state index in [1.807, 2.05) is 0 Å². The molecular weight excluding hydrogens is 612 g/mol. The molecular formula is C43H82O6. The zero-order chi connectivity index (χ0) is 35.9. The first-order valence-electron chi connectivity index (χ1n) is 21.5. The summed E-state index contributed by atoms with van der Waals surface area (Å²) in [6.07, 6.45) is 38.0. The Morgan fingerprint density at radius 1 is 0.327 bits per heavy atom. The molecule has 0 aliphatic carbocycles. The average molecular weight is 695 g/mol. The number of rotatable bonds is 39. The monoisotopic (exact) mass is 695 g/mol. The number of hydrogen-bond acceptors (Lipinski definition) is 6. The molecule has 0 heterocycles. The van der Waals surface area contributed by atoms with Crippen LogP contribution in [0, 0.1) is 0 Å². The maximum Gasteiger partial charge on any atom is 0.306 e. The fraction of sp³-hybridized carbons (Fsp3) is 0.930. The third-order valence-corrected chi connectivity index (χ3v) is 9.61. The molecule has 0 atom stereocenters. The van der Waals surface area contributed by atoms with Crippen molar-refractivity contribution < 1.29 is 28.6 Å². The second-order valence-corrected chi connectivity index (χ2v) is 14.6. The molecule has 0 radical (unpaired) electrons. The highest BCUT2D eigenvalue weighted by atomic mass is 16.6. The molecule has 0 aliphatic rings. The van der Waals surface area contributed by atoms with Crippen LogP contribution in [0.25, 0.3) is 0 Å². The van der Waals surface area contributed by atoms with Crippen LogP contribution in [-0.4, -0.2) is 37.2 Å². The normalized spacial score (nSPS) is 11.3. The lowest BCUT2D eigenvalue weighted by Crippen LogP contribution is -2.30. The van der Waals surface area contributed by atoms with Gasteiger partial charge in [0.05, 0.1) is 0 Å². The number of carbonyl (C=O) groups is 3. The second-order valence-electron chi connectivity index (χ2n) is 14.6. The van der Waals surface area contributed by atoms with Crippen LogP contribution in [0.1, 0.15) is 239 Å². The van der Waals surface area contributed by atoms with Gasteiger partial charge in [-0.2, -0.15) is 0 Å². The van der Waals surface area contributed by atoms with E-state index in [9.17, 15) is 14.4 Å². The highest BCUT2D eigenvalue weighted by molar-refractivity contribution is 5.71. The largest absolute Gasteiger partial charge is 0.462 e. The molecule has 49 heavy (non-hydrogen) atoms. The maximum absolute atomic E-state index is 12.7. The summed E-state index contributed by atoms with van der Waals surface area (Å²) in [6, 6.07) is 0. The van der Waals surface area contributed by atoms with Crippen LogP contribution in [0.5, 0.6) is 0 Å². The van der Waals surface area contributed by atoms with Crippen molar-refractivity contribution in [3.63, 3.8) is 0 Å². The number of ether oxygens (including phenoxy) is 3.